The van der Waals surface area contributed by atoms with E-state index in [1.54, 1.807) is 24.3 Å². The molecule has 1 aliphatic heterocycles. The quantitative estimate of drug-likeness (QED) is 0.296. The number of imide groups is 1. The van der Waals surface area contributed by atoms with Crippen molar-refractivity contribution in [2.75, 3.05) is 0 Å². The number of carbonyl (C=O) groups is 2. The first-order chi connectivity index (χ1) is 17.1. The average molecular weight is 477 g/mol. The number of amides is 2. The standard InChI is InChI=1S/C29H20N2O3S/c30-17-22-7-1-2-8-24(22)19-34-25-14-12-20(13-15-25)16-27-28(32)31(29(33)35-27)18-23-10-5-9-21-6-3-4-11-26(21)23/h1-16H,18-19H2/b27-16+. The molecule has 170 valence electrons. The van der Waals surface area contributed by atoms with Crippen LogP contribution in [0.1, 0.15) is 22.3 Å². The van der Waals surface area contributed by atoms with Crippen LogP contribution < -0.4 is 4.74 Å². The second-order valence-corrected chi connectivity index (χ2v) is 9.03. The molecule has 4 aromatic carbocycles. The molecule has 0 spiro atoms. The number of thioether (sulfide) groups is 1. The second kappa shape index (κ2) is 9.88. The van der Waals surface area contributed by atoms with E-state index in [-0.39, 0.29) is 24.3 Å². The van der Waals surface area contributed by atoms with Crippen molar-refractivity contribution < 1.29 is 14.3 Å². The van der Waals surface area contributed by atoms with Crippen LogP contribution in [0, 0.1) is 11.3 Å². The molecular weight excluding hydrogens is 456 g/mol. The van der Waals surface area contributed by atoms with Gasteiger partial charge in [-0.3, -0.25) is 14.5 Å². The minimum absolute atomic E-state index is 0.236. The minimum Gasteiger partial charge on any atom is -0.489 e. The van der Waals surface area contributed by atoms with Crippen molar-refractivity contribution in [3.63, 3.8) is 0 Å². The lowest BCUT2D eigenvalue weighted by Gasteiger charge is -2.14. The van der Waals surface area contributed by atoms with Gasteiger partial charge in [-0.1, -0.05) is 72.8 Å². The molecule has 0 bridgehead atoms. The number of benzene rings is 4. The van der Waals surface area contributed by atoms with E-state index in [2.05, 4.69) is 6.07 Å². The maximum Gasteiger partial charge on any atom is 0.293 e. The zero-order chi connectivity index (χ0) is 24.2. The number of hydrogen-bond donors (Lipinski definition) is 0. The van der Waals surface area contributed by atoms with Crippen molar-refractivity contribution >= 4 is 39.8 Å². The molecule has 1 heterocycles. The molecule has 6 heteroatoms. The second-order valence-electron chi connectivity index (χ2n) is 8.03. The fourth-order valence-electron chi connectivity index (χ4n) is 3.96. The van der Waals surface area contributed by atoms with Gasteiger partial charge in [-0.05, 0) is 57.9 Å². The molecular formula is C29H20N2O3S. The molecule has 2 amide bonds. The molecule has 0 N–H and O–H groups in total. The van der Waals surface area contributed by atoms with Crippen molar-refractivity contribution in [1.29, 1.82) is 5.26 Å². The van der Waals surface area contributed by atoms with Crippen LogP contribution >= 0.6 is 11.8 Å². The molecule has 0 atom stereocenters. The van der Waals surface area contributed by atoms with Gasteiger partial charge in [0.1, 0.15) is 12.4 Å². The molecule has 4 aromatic rings. The summed E-state index contributed by atoms with van der Waals surface area (Å²) >= 11 is 0.954. The molecule has 1 aliphatic rings. The molecule has 5 rings (SSSR count). The van der Waals surface area contributed by atoms with Gasteiger partial charge in [0.2, 0.25) is 0 Å². The molecule has 1 fully saturated rings. The van der Waals surface area contributed by atoms with E-state index in [1.807, 2.05) is 72.8 Å². The lowest BCUT2D eigenvalue weighted by molar-refractivity contribution is -0.123. The SMILES string of the molecule is N#Cc1ccccc1COc1ccc(/C=C2/SC(=O)N(Cc3cccc4ccccc34)C2=O)cc1. The fraction of sp³-hybridized carbons (Fsp3) is 0.0690. The van der Waals surface area contributed by atoms with Gasteiger partial charge in [-0.15, -0.1) is 0 Å². The Kier molecular flexibility index (Phi) is 6.34. The maximum atomic E-state index is 13.0. The Morgan fingerprint density at radius 3 is 2.40 bits per heavy atom. The first-order valence-electron chi connectivity index (χ1n) is 11.1. The molecule has 0 unspecified atom stereocenters. The van der Waals surface area contributed by atoms with E-state index in [9.17, 15) is 14.9 Å². The van der Waals surface area contributed by atoms with Crippen LogP contribution in [0.2, 0.25) is 0 Å². The zero-order valence-corrected chi connectivity index (χ0v) is 19.5. The Balaban J connectivity index is 1.28. The summed E-state index contributed by atoms with van der Waals surface area (Å²) in [5.74, 6) is 0.361. The van der Waals surface area contributed by atoms with Gasteiger partial charge in [0.15, 0.2) is 0 Å². The van der Waals surface area contributed by atoms with E-state index in [0.29, 0.717) is 16.2 Å². The first kappa shape index (κ1) is 22.5. The number of nitriles is 1. The largest absolute Gasteiger partial charge is 0.489 e. The summed E-state index contributed by atoms with van der Waals surface area (Å²) in [7, 11) is 0. The van der Waals surface area contributed by atoms with Crippen LogP contribution in [-0.4, -0.2) is 16.0 Å². The topological polar surface area (TPSA) is 70.4 Å². The predicted octanol–water partition coefficient (Wildman–Crippen LogP) is 6.53. The van der Waals surface area contributed by atoms with Gasteiger partial charge < -0.3 is 4.74 Å². The molecule has 35 heavy (non-hydrogen) atoms. The van der Waals surface area contributed by atoms with E-state index < -0.39 is 0 Å². The van der Waals surface area contributed by atoms with Crippen LogP contribution in [0.4, 0.5) is 4.79 Å². The highest BCUT2D eigenvalue weighted by Gasteiger charge is 2.35. The third-order valence-corrected chi connectivity index (χ3v) is 6.70. The summed E-state index contributed by atoms with van der Waals surface area (Å²) in [4.78, 5) is 27.3. The Hall–Kier alpha value is -4.34. The molecule has 5 nitrogen and oxygen atoms in total. The van der Waals surface area contributed by atoms with E-state index in [1.165, 1.54) is 4.90 Å². The molecule has 0 saturated carbocycles. The van der Waals surface area contributed by atoms with Crippen LogP contribution in [0.5, 0.6) is 5.75 Å². The van der Waals surface area contributed by atoms with Crippen LogP contribution in [0.15, 0.2) is 95.9 Å². The Bertz CT molecular complexity index is 1500. The third-order valence-electron chi connectivity index (χ3n) is 5.79. The Morgan fingerprint density at radius 1 is 0.857 bits per heavy atom. The van der Waals surface area contributed by atoms with Crippen molar-refractivity contribution in [3.05, 3.63) is 118 Å². The number of carbonyl (C=O) groups excluding carboxylic acids is 2. The van der Waals surface area contributed by atoms with Gasteiger partial charge in [-0.25, -0.2) is 0 Å². The monoisotopic (exact) mass is 476 g/mol. The van der Waals surface area contributed by atoms with E-state index >= 15 is 0 Å². The molecule has 0 radical (unpaired) electrons. The number of ether oxygens (including phenoxy) is 1. The summed E-state index contributed by atoms with van der Waals surface area (Å²) < 4.78 is 5.81. The average Bonchev–Trinajstić information content (AvgIpc) is 3.16. The highest BCUT2D eigenvalue weighted by atomic mass is 32.2. The van der Waals surface area contributed by atoms with E-state index in [0.717, 1.165) is 39.2 Å². The summed E-state index contributed by atoms with van der Waals surface area (Å²) in [6.07, 6.45) is 1.72. The normalized spacial score (nSPS) is 14.5. The first-order valence-corrected chi connectivity index (χ1v) is 11.9. The van der Waals surface area contributed by atoms with Gasteiger partial charge >= 0.3 is 0 Å². The maximum absolute atomic E-state index is 13.0. The summed E-state index contributed by atoms with van der Waals surface area (Å²) in [6, 6.07) is 30.6. The van der Waals surface area contributed by atoms with E-state index in [4.69, 9.17) is 4.74 Å². The smallest absolute Gasteiger partial charge is 0.293 e. The summed E-state index contributed by atoms with van der Waals surface area (Å²) in [6.45, 7) is 0.524. The Morgan fingerprint density at radius 2 is 1.57 bits per heavy atom. The molecule has 0 aromatic heterocycles. The van der Waals surface area contributed by atoms with Crippen LogP contribution in [0.25, 0.3) is 16.8 Å². The number of fused-ring (bicyclic) bond motifs is 1. The lowest BCUT2D eigenvalue weighted by Crippen LogP contribution is -2.27. The van der Waals surface area contributed by atoms with Crippen LogP contribution in [-0.2, 0) is 17.9 Å². The van der Waals surface area contributed by atoms with Gasteiger partial charge in [0.25, 0.3) is 11.1 Å². The van der Waals surface area contributed by atoms with Crippen molar-refractivity contribution in [2.45, 2.75) is 13.2 Å². The fourth-order valence-corrected chi connectivity index (χ4v) is 4.80. The Labute approximate surface area is 207 Å². The van der Waals surface area contributed by atoms with Crippen LogP contribution in [0.3, 0.4) is 0 Å². The van der Waals surface area contributed by atoms with Gasteiger partial charge in [-0.2, -0.15) is 5.26 Å². The van der Waals surface area contributed by atoms with Gasteiger partial charge in [0.05, 0.1) is 23.1 Å². The highest BCUT2D eigenvalue weighted by molar-refractivity contribution is 8.18. The summed E-state index contributed by atoms with van der Waals surface area (Å²) in [5, 5.41) is 11.0. The van der Waals surface area contributed by atoms with Crippen molar-refractivity contribution in [3.8, 4) is 11.8 Å². The number of rotatable bonds is 6. The lowest BCUT2D eigenvalue weighted by atomic mass is 10.0. The predicted molar refractivity (Wildman–Crippen MR) is 137 cm³/mol. The third kappa shape index (κ3) is 4.81. The molecule has 0 aliphatic carbocycles. The zero-order valence-electron chi connectivity index (χ0n) is 18.7. The number of hydrogen-bond acceptors (Lipinski definition) is 5. The number of nitrogens with zero attached hydrogens (tertiary/aromatic N) is 2. The minimum atomic E-state index is -0.290. The van der Waals surface area contributed by atoms with Crippen molar-refractivity contribution in [1.82, 2.24) is 4.90 Å². The highest BCUT2D eigenvalue weighted by Crippen LogP contribution is 2.34. The summed E-state index contributed by atoms with van der Waals surface area (Å²) in [5.41, 5.74) is 3.14. The molecule has 1 saturated heterocycles. The van der Waals surface area contributed by atoms with Crippen molar-refractivity contribution in [2.24, 2.45) is 0 Å². The van der Waals surface area contributed by atoms with Gasteiger partial charge in [0, 0.05) is 5.56 Å².